The number of esters is 2. The van der Waals surface area contributed by atoms with Crippen LogP contribution in [0.2, 0.25) is 0 Å². The van der Waals surface area contributed by atoms with Crippen molar-refractivity contribution < 1.29 is 19.1 Å². The second kappa shape index (κ2) is 22.9. The van der Waals surface area contributed by atoms with E-state index in [4.69, 9.17) is 9.47 Å². The van der Waals surface area contributed by atoms with Gasteiger partial charge in [-0.15, -0.1) is 0 Å². The molecule has 0 bridgehead atoms. The predicted molar refractivity (Wildman–Crippen MR) is 107 cm³/mol. The van der Waals surface area contributed by atoms with E-state index < -0.39 is 11.9 Å². The molecular weight excluding hydrogens is 316 g/mol. The molecule has 0 N–H and O–H groups in total. The Hall–Kier alpha value is -1.06. The Morgan fingerprint density at radius 1 is 0.560 bits per heavy atom. The average molecular weight is 361 g/mol. The van der Waals surface area contributed by atoms with E-state index in [9.17, 15) is 9.59 Å². The monoisotopic (exact) mass is 360 g/mol. The summed E-state index contributed by atoms with van der Waals surface area (Å²) >= 11 is 0. The van der Waals surface area contributed by atoms with Crippen molar-refractivity contribution in [3.63, 3.8) is 0 Å². The highest BCUT2D eigenvalue weighted by atomic mass is 16.6. The van der Waals surface area contributed by atoms with Gasteiger partial charge in [0.1, 0.15) is 6.42 Å². The molecule has 0 aromatic carbocycles. The highest BCUT2D eigenvalue weighted by Gasteiger charge is 2.11. The molecule has 4 heteroatoms. The summed E-state index contributed by atoms with van der Waals surface area (Å²) < 4.78 is 10.1. The number of ether oxygens (including phenoxy) is 2. The number of hydrogen-bond acceptors (Lipinski definition) is 4. The van der Waals surface area contributed by atoms with Gasteiger partial charge in [0.05, 0.1) is 13.2 Å². The zero-order chi connectivity index (χ0) is 17.2. The quantitative estimate of drug-likeness (QED) is 0.180. The van der Waals surface area contributed by atoms with Crippen molar-refractivity contribution in [2.45, 2.75) is 112 Å². The molecule has 0 radical (unpaired) electrons. The lowest BCUT2D eigenvalue weighted by molar-refractivity contribution is -0.154. The molecule has 0 aliphatic rings. The van der Waals surface area contributed by atoms with Crippen LogP contribution in [0.15, 0.2) is 0 Å². The lowest BCUT2D eigenvalue weighted by Gasteiger charge is -2.06. The zero-order valence-electron chi connectivity index (χ0n) is 15.2. The van der Waals surface area contributed by atoms with Crippen LogP contribution in [-0.4, -0.2) is 25.2 Å². The van der Waals surface area contributed by atoms with E-state index in [0.717, 1.165) is 25.7 Å². The van der Waals surface area contributed by atoms with E-state index in [2.05, 4.69) is 13.8 Å². The van der Waals surface area contributed by atoms with Crippen molar-refractivity contribution in [2.75, 3.05) is 13.2 Å². The van der Waals surface area contributed by atoms with Crippen molar-refractivity contribution in [1.82, 2.24) is 0 Å². The summed E-state index contributed by atoms with van der Waals surface area (Å²) in [6, 6.07) is 0. The molecule has 0 saturated carbocycles. The van der Waals surface area contributed by atoms with Crippen LogP contribution in [0.25, 0.3) is 0 Å². The Morgan fingerprint density at radius 3 is 1.24 bits per heavy atom. The largest absolute Gasteiger partial charge is 0.465 e. The van der Waals surface area contributed by atoms with Crippen LogP contribution in [0, 0.1) is 0 Å². The molecule has 0 aromatic heterocycles. The Kier molecular flexibility index (Phi) is 26.4. The normalized spacial score (nSPS) is 9.68. The highest BCUT2D eigenvalue weighted by molar-refractivity contribution is 5.91. The van der Waals surface area contributed by atoms with Gasteiger partial charge in [-0.05, 0) is 12.8 Å². The molecule has 4 nitrogen and oxygen atoms in total. The highest BCUT2D eigenvalue weighted by Crippen LogP contribution is 2.06. The average Bonchev–Trinajstić information content (AvgIpc) is 2.53. The summed E-state index contributed by atoms with van der Waals surface area (Å²) in [7, 11) is 0. The lowest BCUT2D eigenvalue weighted by atomic mass is 10.1. The maximum atomic E-state index is 11.5. The van der Waals surface area contributed by atoms with Crippen molar-refractivity contribution in [3.05, 3.63) is 0 Å². The molecule has 0 aromatic rings. The van der Waals surface area contributed by atoms with E-state index in [1.54, 1.807) is 0 Å². The van der Waals surface area contributed by atoms with Gasteiger partial charge < -0.3 is 9.47 Å². The first-order valence-corrected chi connectivity index (χ1v) is 9.52. The fraction of sp³-hybridized carbons (Fsp3) is 0.905. The van der Waals surface area contributed by atoms with Crippen LogP contribution < -0.4 is 0 Å². The second-order valence-electron chi connectivity index (χ2n) is 6.15. The number of unbranched alkanes of at least 4 members (excludes halogenated alkanes) is 10. The Balaban J connectivity index is -0.00000242. The van der Waals surface area contributed by atoms with Crippen molar-refractivity contribution in [1.29, 1.82) is 0 Å². The van der Waals surface area contributed by atoms with E-state index in [1.165, 1.54) is 51.4 Å². The maximum Gasteiger partial charge on any atom is 0.317 e. The summed E-state index contributed by atoms with van der Waals surface area (Å²) in [6.45, 7) is 5.20. The molecule has 0 aliphatic carbocycles. The summed E-state index contributed by atoms with van der Waals surface area (Å²) in [5.74, 6) is -0.932. The van der Waals surface area contributed by atoms with E-state index in [1.807, 2.05) is 0 Å². The molecule has 25 heavy (non-hydrogen) atoms. The van der Waals surface area contributed by atoms with Crippen LogP contribution in [0.3, 0.4) is 0 Å². The molecule has 0 fully saturated rings. The molecule has 0 saturated heterocycles. The summed E-state index contributed by atoms with van der Waals surface area (Å²) in [5, 5.41) is 0. The van der Waals surface area contributed by atoms with Gasteiger partial charge in [-0.25, -0.2) is 0 Å². The SMILES string of the molecule is C.C.CCCCCCCCOC(=O)CC(=O)OCCCCCCCC. The van der Waals surface area contributed by atoms with Crippen molar-refractivity contribution in [3.8, 4) is 0 Å². The first-order valence-electron chi connectivity index (χ1n) is 9.52. The minimum atomic E-state index is -0.466. The van der Waals surface area contributed by atoms with Gasteiger partial charge in [-0.1, -0.05) is 92.9 Å². The van der Waals surface area contributed by atoms with E-state index in [-0.39, 0.29) is 21.3 Å². The Bertz CT molecular complexity index is 262. The second-order valence-corrected chi connectivity index (χ2v) is 6.15. The maximum absolute atomic E-state index is 11.5. The molecule has 0 atom stereocenters. The van der Waals surface area contributed by atoms with E-state index in [0.29, 0.717) is 13.2 Å². The molecule has 0 amide bonds. The minimum Gasteiger partial charge on any atom is -0.465 e. The van der Waals surface area contributed by atoms with Gasteiger partial charge in [0.25, 0.3) is 0 Å². The fourth-order valence-corrected chi connectivity index (χ4v) is 2.36. The van der Waals surface area contributed by atoms with Crippen LogP contribution in [-0.2, 0) is 19.1 Å². The van der Waals surface area contributed by atoms with Crippen LogP contribution in [0.5, 0.6) is 0 Å². The number of rotatable bonds is 16. The lowest BCUT2D eigenvalue weighted by Crippen LogP contribution is -2.15. The smallest absolute Gasteiger partial charge is 0.317 e. The minimum absolute atomic E-state index is 0. The van der Waals surface area contributed by atoms with E-state index >= 15 is 0 Å². The fourth-order valence-electron chi connectivity index (χ4n) is 2.36. The third-order valence-corrected chi connectivity index (χ3v) is 3.81. The topological polar surface area (TPSA) is 52.6 Å². The van der Waals surface area contributed by atoms with Crippen LogP contribution in [0.4, 0.5) is 0 Å². The van der Waals surface area contributed by atoms with Gasteiger partial charge in [-0.3, -0.25) is 9.59 Å². The van der Waals surface area contributed by atoms with Crippen LogP contribution >= 0.6 is 0 Å². The van der Waals surface area contributed by atoms with Gasteiger partial charge >= 0.3 is 11.9 Å². The Morgan fingerprint density at radius 2 is 0.880 bits per heavy atom. The molecular formula is C21H44O4. The number of hydrogen-bond donors (Lipinski definition) is 0. The molecule has 0 heterocycles. The predicted octanol–water partition coefficient (Wildman–Crippen LogP) is 6.46. The molecule has 152 valence electrons. The van der Waals surface area contributed by atoms with Gasteiger partial charge in [0, 0.05) is 0 Å². The van der Waals surface area contributed by atoms with Gasteiger partial charge in [-0.2, -0.15) is 0 Å². The van der Waals surface area contributed by atoms with Crippen LogP contribution in [0.1, 0.15) is 112 Å². The summed E-state index contributed by atoms with van der Waals surface area (Å²) in [5.41, 5.74) is 0. The Labute approximate surface area is 157 Å². The number of carbonyl (C=O) groups excluding carboxylic acids is 2. The number of carbonyl (C=O) groups is 2. The molecule has 0 unspecified atom stereocenters. The first kappa shape index (κ1) is 28.7. The van der Waals surface area contributed by atoms with Crippen molar-refractivity contribution in [2.24, 2.45) is 0 Å². The third-order valence-electron chi connectivity index (χ3n) is 3.81. The molecule has 0 aliphatic heterocycles. The molecule has 0 rings (SSSR count). The zero-order valence-corrected chi connectivity index (χ0v) is 15.2. The van der Waals surface area contributed by atoms with Crippen molar-refractivity contribution >= 4 is 11.9 Å². The third kappa shape index (κ3) is 22.9. The van der Waals surface area contributed by atoms with Gasteiger partial charge in [0.2, 0.25) is 0 Å². The summed E-state index contributed by atoms with van der Waals surface area (Å²) in [6.07, 6.45) is 13.5. The first-order chi connectivity index (χ1) is 11.2. The van der Waals surface area contributed by atoms with Gasteiger partial charge in [0.15, 0.2) is 0 Å². The standard InChI is InChI=1S/C19H36O4.2CH4/c1-3-5-7-9-11-13-15-22-18(20)17-19(21)23-16-14-12-10-8-6-4-2;;/h3-17H2,1-2H3;2*1H4. The summed E-state index contributed by atoms with van der Waals surface area (Å²) in [4.78, 5) is 22.9. The molecule has 0 spiro atoms.